The van der Waals surface area contributed by atoms with Gasteiger partial charge >= 0.3 is 5.97 Å². The van der Waals surface area contributed by atoms with Crippen molar-refractivity contribution in [3.8, 4) is 0 Å². The second kappa shape index (κ2) is 5.86. The maximum absolute atomic E-state index is 10.8. The summed E-state index contributed by atoms with van der Waals surface area (Å²) in [6.07, 6.45) is 3.63. The van der Waals surface area contributed by atoms with Crippen molar-refractivity contribution in [2.45, 2.75) is 39.2 Å². The number of aryl methyl sites for hydroxylation is 1. The minimum absolute atomic E-state index is 0.356. The maximum atomic E-state index is 10.8. The van der Waals surface area contributed by atoms with E-state index in [1.54, 1.807) is 6.92 Å². The summed E-state index contributed by atoms with van der Waals surface area (Å²) in [5, 5.41) is 15.2. The second-order valence-electron chi connectivity index (χ2n) is 5.08. The molecule has 1 aliphatic carbocycles. The minimum atomic E-state index is -0.814. The number of nitrogens with one attached hydrogen (secondary N) is 2. The van der Waals surface area contributed by atoms with Crippen LogP contribution in [0.15, 0.2) is 6.07 Å². The lowest BCUT2D eigenvalue weighted by Gasteiger charge is -2.27. The van der Waals surface area contributed by atoms with Crippen molar-refractivity contribution in [1.29, 1.82) is 0 Å². The van der Waals surface area contributed by atoms with Gasteiger partial charge in [0.2, 0.25) is 0 Å². The zero-order valence-electron chi connectivity index (χ0n) is 11.3. The molecule has 1 aliphatic rings. The summed E-state index contributed by atoms with van der Waals surface area (Å²) in [6, 6.07) is 2.35. The molecule has 1 unspecified atom stereocenters. The fourth-order valence-corrected chi connectivity index (χ4v) is 1.84. The molecule has 0 saturated heterocycles. The van der Waals surface area contributed by atoms with E-state index in [1.165, 1.54) is 19.3 Å². The van der Waals surface area contributed by atoms with Crippen LogP contribution in [-0.2, 0) is 4.79 Å². The van der Waals surface area contributed by atoms with E-state index in [0.29, 0.717) is 24.2 Å². The van der Waals surface area contributed by atoms with E-state index in [2.05, 4.69) is 20.6 Å². The van der Waals surface area contributed by atoms with Gasteiger partial charge in [0.15, 0.2) is 0 Å². The van der Waals surface area contributed by atoms with Gasteiger partial charge in [-0.25, -0.2) is 9.97 Å². The van der Waals surface area contributed by atoms with Crippen molar-refractivity contribution in [1.82, 2.24) is 9.97 Å². The highest BCUT2D eigenvalue weighted by atomic mass is 16.4. The van der Waals surface area contributed by atoms with E-state index >= 15 is 0 Å². The number of aliphatic carboxylic acids is 1. The van der Waals surface area contributed by atoms with Gasteiger partial charge < -0.3 is 15.7 Å². The van der Waals surface area contributed by atoms with E-state index in [4.69, 9.17) is 5.11 Å². The molecule has 1 atom stereocenters. The molecule has 6 heteroatoms. The SMILES string of the molecule is Cc1nc(NCC(C)C(=O)O)cc(NC2CCC2)n1. The number of nitrogens with zero attached hydrogens (tertiary/aromatic N) is 2. The number of carboxylic acid groups (broad SMARTS) is 1. The molecule has 104 valence electrons. The van der Waals surface area contributed by atoms with Crippen LogP contribution in [0.3, 0.4) is 0 Å². The van der Waals surface area contributed by atoms with Crippen molar-refractivity contribution < 1.29 is 9.90 Å². The molecule has 0 spiro atoms. The lowest BCUT2D eigenvalue weighted by molar-refractivity contribution is -0.140. The van der Waals surface area contributed by atoms with Crippen molar-refractivity contribution in [3.63, 3.8) is 0 Å². The third kappa shape index (κ3) is 3.81. The standard InChI is InChI=1S/C13H20N4O2/c1-8(13(18)19)7-14-11-6-12(16-9(2)15-11)17-10-4-3-5-10/h6,8,10H,3-5,7H2,1-2H3,(H,18,19)(H2,14,15,16,17). The van der Waals surface area contributed by atoms with Crippen LogP contribution < -0.4 is 10.6 Å². The van der Waals surface area contributed by atoms with Crippen LogP contribution in [0, 0.1) is 12.8 Å². The second-order valence-corrected chi connectivity index (χ2v) is 5.08. The lowest BCUT2D eigenvalue weighted by Crippen LogP contribution is -2.27. The first kappa shape index (κ1) is 13.6. The molecule has 1 aromatic heterocycles. The van der Waals surface area contributed by atoms with Crippen LogP contribution in [0.2, 0.25) is 0 Å². The van der Waals surface area contributed by atoms with Crippen molar-refractivity contribution in [2.75, 3.05) is 17.2 Å². The van der Waals surface area contributed by atoms with Gasteiger partial charge in [0.1, 0.15) is 17.5 Å². The molecule has 1 saturated carbocycles. The van der Waals surface area contributed by atoms with Crippen LogP contribution in [0.4, 0.5) is 11.6 Å². The summed E-state index contributed by atoms with van der Waals surface area (Å²) in [5.74, 6) is 0.893. The van der Waals surface area contributed by atoms with E-state index in [1.807, 2.05) is 13.0 Å². The van der Waals surface area contributed by atoms with Crippen LogP contribution in [0.1, 0.15) is 32.0 Å². The summed E-state index contributed by atoms with van der Waals surface area (Å²) in [7, 11) is 0. The molecule has 0 aliphatic heterocycles. The highest BCUT2D eigenvalue weighted by molar-refractivity contribution is 5.70. The van der Waals surface area contributed by atoms with Gasteiger partial charge in [-0.15, -0.1) is 0 Å². The molecule has 0 aromatic carbocycles. The number of anilines is 2. The predicted molar refractivity (Wildman–Crippen MR) is 73.3 cm³/mol. The third-order valence-electron chi connectivity index (χ3n) is 3.31. The van der Waals surface area contributed by atoms with Crippen LogP contribution >= 0.6 is 0 Å². The molecule has 1 heterocycles. The van der Waals surface area contributed by atoms with E-state index in [9.17, 15) is 4.79 Å². The fourth-order valence-electron chi connectivity index (χ4n) is 1.84. The summed E-state index contributed by atoms with van der Waals surface area (Å²) < 4.78 is 0. The van der Waals surface area contributed by atoms with Gasteiger partial charge in [0.05, 0.1) is 5.92 Å². The minimum Gasteiger partial charge on any atom is -0.481 e. The number of aromatic nitrogens is 2. The molecular formula is C13H20N4O2. The number of hydrogen-bond acceptors (Lipinski definition) is 5. The average molecular weight is 264 g/mol. The topological polar surface area (TPSA) is 87.1 Å². The monoisotopic (exact) mass is 264 g/mol. The Kier molecular flexibility index (Phi) is 4.19. The highest BCUT2D eigenvalue weighted by Crippen LogP contribution is 2.23. The quantitative estimate of drug-likeness (QED) is 0.727. The molecule has 0 amide bonds. The largest absolute Gasteiger partial charge is 0.481 e. The Morgan fingerprint density at radius 3 is 2.74 bits per heavy atom. The van der Waals surface area contributed by atoms with Gasteiger partial charge in [-0.05, 0) is 26.2 Å². The average Bonchev–Trinajstić information content (AvgIpc) is 2.30. The Bertz CT molecular complexity index is 460. The lowest BCUT2D eigenvalue weighted by atomic mass is 9.93. The Morgan fingerprint density at radius 1 is 1.47 bits per heavy atom. The predicted octanol–water partition coefficient (Wildman–Crippen LogP) is 1.88. The normalized spacial score (nSPS) is 16.5. The van der Waals surface area contributed by atoms with Gasteiger partial charge in [-0.1, -0.05) is 6.92 Å². The molecule has 3 N–H and O–H groups in total. The molecule has 2 rings (SSSR count). The Hall–Kier alpha value is -1.85. The van der Waals surface area contributed by atoms with Crippen LogP contribution in [-0.4, -0.2) is 33.6 Å². The summed E-state index contributed by atoms with van der Waals surface area (Å²) in [5.41, 5.74) is 0. The number of hydrogen-bond donors (Lipinski definition) is 3. The fraction of sp³-hybridized carbons (Fsp3) is 0.615. The number of rotatable bonds is 6. The molecule has 1 fully saturated rings. The van der Waals surface area contributed by atoms with Crippen LogP contribution in [0.5, 0.6) is 0 Å². The van der Waals surface area contributed by atoms with Gasteiger partial charge in [0, 0.05) is 18.7 Å². The molecule has 6 nitrogen and oxygen atoms in total. The van der Waals surface area contributed by atoms with E-state index < -0.39 is 11.9 Å². The van der Waals surface area contributed by atoms with Crippen molar-refractivity contribution in [3.05, 3.63) is 11.9 Å². The van der Waals surface area contributed by atoms with Gasteiger partial charge in [-0.2, -0.15) is 0 Å². The summed E-state index contributed by atoms with van der Waals surface area (Å²) in [4.78, 5) is 19.4. The first-order valence-electron chi connectivity index (χ1n) is 6.63. The van der Waals surface area contributed by atoms with Crippen molar-refractivity contribution >= 4 is 17.6 Å². The van der Waals surface area contributed by atoms with Gasteiger partial charge in [0.25, 0.3) is 0 Å². The number of carboxylic acids is 1. The highest BCUT2D eigenvalue weighted by Gasteiger charge is 2.18. The zero-order valence-corrected chi connectivity index (χ0v) is 11.3. The van der Waals surface area contributed by atoms with Gasteiger partial charge in [-0.3, -0.25) is 4.79 Å². The third-order valence-corrected chi connectivity index (χ3v) is 3.31. The summed E-state index contributed by atoms with van der Waals surface area (Å²) >= 11 is 0. The Morgan fingerprint density at radius 2 is 2.16 bits per heavy atom. The zero-order chi connectivity index (χ0) is 13.8. The first-order chi connectivity index (χ1) is 9.04. The molecule has 0 bridgehead atoms. The Labute approximate surface area is 112 Å². The molecular weight excluding hydrogens is 244 g/mol. The van der Waals surface area contributed by atoms with E-state index in [-0.39, 0.29) is 0 Å². The van der Waals surface area contributed by atoms with E-state index in [0.717, 1.165) is 5.82 Å². The first-order valence-corrected chi connectivity index (χ1v) is 6.63. The molecule has 0 radical (unpaired) electrons. The van der Waals surface area contributed by atoms with Crippen molar-refractivity contribution in [2.24, 2.45) is 5.92 Å². The smallest absolute Gasteiger partial charge is 0.308 e. The molecule has 1 aromatic rings. The maximum Gasteiger partial charge on any atom is 0.308 e. The summed E-state index contributed by atoms with van der Waals surface area (Å²) in [6.45, 7) is 3.85. The Balaban J connectivity index is 1.97. The van der Waals surface area contributed by atoms with Crippen LogP contribution in [0.25, 0.3) is 0 Å². The number of carbonyl (C=O) groups is 1. The molecule has 19 heavy (non-hydrogen) atoms.